The number of nitrogens with two attached hydrogens (primary N) is 3. The van der Waals surface area contributed by atoms with Crippen LogP contribution < -0.4 is 17.2 Å². The fourth-order valence-electron chi connectivity index (χ4n) is 2.05. The largest absolute Gasteiger partial charge is 0.399 e. The Morgan fingerprint density at radius 3 is 2.33 bits per heavy atom. The van der Waals surface area contributed by atoms with Crippen LogP contribution in [0, 0.1) is 11.2 Å². The minimum absolute atomic E-state index is 0.0944. The molecule has 1 rings (SSSR count). The summed E-state index contributed by atoms with van der Waals surface area (Å²) in [5.41, 5.74) is 15.7. The number of amides is 1. The molecule has 116 valence electrons. The van der Waals surface area contributed by atoms with Gasteiger partial charge < -0.3 is 22.1 Å². The van der Waals surface area contributed by atoms with E-state index in [0.717, 1.165) is 0 Å². The zero-order valence-corrected chi connectivity index (χ0v) is 12.9. The Morgan fingerprint density at radius 1 is 1.33 bits per heavy atom. The van der Waals surface area contributed by atoms with Gasteiger partial charge in [-0.15, -0.1) is 0 Å². The van der Waals surface area contributed by atoms with Crippen LogP contribution in [0.1, 0.15) is 26.3 Å². The smallest absolute Gasteiger partial charge is 0.235 e. The van der Waals surface area contributed by atoms with Crippen LogP contribution in [0.15, 0.2) is 30.6 Å². The van der Waals surface area contributed by atoms with Crippen LogP contribution in [-0.2, 0) is 10.3 Å². The maximum atomic E-state index is 14.1. The molecular weight excluding hydrogens is 271 g/mol. The van der Waals surface area contributed by atoms with E-state index in [4.69, 9.17) is 17.2 Å². The van der Waals surface area contributed by atoms with E-state index in [9.17, 15) is 9.18 Å². The molecule has 6 N–H and O–H groups in total. The Hall–Kier alpha value is -2.08. The molecule has 1 atom stereocenters. The maximum Gasteiger partial charge on any atom is 0.235 e. The van der Waals surface area contributed by atoms with Crippen LogP contribution in [0.2, 0.25) is 0 Å². The number of benzene rings is 1. The van der Waals surface area contributed by atoms with Crippen molar-refractivity contribution in [1.29, 1.82) is 0 Å². The summed E-state index contributed by atoms with van der Waals surface area (Å²) in [5, 5.41) is 0. The van der Waals surface area contributed by atoms with Gasteiger partial charge in [-0.2, -0.15) is 0 Å². The van der Waals surface area contributed by atoms with Crippen LogP contribution in [0.4, 0.5) is 10.1 Å². The molecule has 1 aromatic carbocycles. The Balaban J connectivity index is 3.36. The summed E-state index contributed by atoms with van der Waals surface area (Å²) < 4.78 is 14.1. The molecule has 0 heterocycles. The zero-order chi connectivity index (χ0) is 16.6. The number of carbonyl (C=O) groups excluding carboxylic acids is 1. The van der Waals surface area contributed by atoms with E-state index in [1.807, 2.05) is 0 Å². The number of anilines is 1. The molecule has 0 spiro atoms. The normalized spacial score (nSPS) is 14.4. The van der Waals surface area contributed by atoms with Gasteiger partial charge in [0.1, 0.15) is 5.82 Å². The van der Waals surface area contributed by atoms with Gasteiger partial charge in [-0.05, 0) is 39.0 Å². The van der Waals surface area contributed by atoms with Crippen LogP contribution in [0.3, 0.4) is 0 Å². The second kappa shape index (κ2) is 5.37. The molecule has 0 aromatic heterocycles. The summed E-state index contributed by atoms with van der Waals surface area (Å²) in [6.07, 6.45) is 0. The Morgan fingerprint density at radius 2 is 1.86 bits per heavy atom. The van der Waals surface area contributed by atoms with Gasteiger partial charge >= 0.3 is 0 Å². The first kappa shape index (κ1) is 17.0. The molecule has 0 aliphatic rings. The Bertz CT molecular complexity index is 581. The Labute approximate surface area is 124 Å². The molecule has 0 unspecified atom stereocenters. The minimum Gasteiger partial charge on any atom is -0.399 e. The molecule has 0 saturated heterocycles. The molecular formula is C15H23FN4O. The molecule has 1 aromatic rings. The number of hydrogen-bond donors (Lipinski definition) is 3. The summed E-state index contributed by atoms with van der Waals surface area (Å²) in [7, 11) is 1.50. The predicted molar refractivity (Wildman–Crippen MR) is 82.2 cm³/mol. The van der Waals surface area contributed by atoms with E-state index in [-0.39, 0.29) is 17.3 Å². The van der Waals surface area contributed by atoms with Gasteiger partial charge in [0.05, 0.1) is 16.8 Å². The van der Waals surface area contributed by atoms with Crippen molar-refractivity contribution in [1.82, 2.24) is 4.90 Å². The lowest BCUT2D eigenvalue weighted by molar-refractivity contribution is -0.141. The molecule has 21 heavy (non-hydrogen) atoms. The van der Waals surface area contributed by atoms with Gasteiger partial charge in [0, 0.05) is 18.3 Å². The third-order valence-electron chi connectivity index (χ3n) is 4.12. The third-order valence-corrected chi connectivity index (χ3v) is 4.12. The lowest BCUT2D eigenvalue weighted by Gasteiger charge is -2.42. The van der Waals surface area contributed by atoms with Crippen molar-refractivity contribution in [3.8, 4) is 0 Å². The van der Waals surface area contributed by atoms with Gasteiger partial charge in [0.15, 0.2) is 0 Å². The van der Waals surface area contributed by atoms with Crippen molar-refractivity contribution in [3.05, 3.63) is 42.0 Å². The van der Waals surface area contributed by atoms with E-state index < -0.39 is 16.8 Å². The summed E-state index contributed by atoms with van der Waals surface area (Å²) in [6, 6.07) is 4.13. The second-order valence-electron chi connectivity index (χ2n) is 5.92. The summed E-state index contributed by atoms with van der Waals surface area (Å²) in [5.74, 6) is -0.775. The van der Waals surface area contributed by atoms with Crippen LogP contribution in [-0.4, -0.2) is 17.9 Å². The second-order valence-corrected chi connectivity index (χ2v) is 5.92. The molecule has 6 heteroatoms. The van der Waals surface area contributed by atoms with Crippen LogP contribution in [0.25, 0.3) is 0 Å². The van der Waals surface area contributed by atoms with E-state index in [0.29, 0.717) is 5.69 Å². The topological polar surface area (TPSA) is 98.4 Å². The lowest BCUT2D eigenvalue weighted by atomic mass is 9.68. The first-order valence-corrected chi connectivity index (χ1v) is 6.50. The van der Waals surface area contributed by atoms with Gasteiger partial charge in [-0.1, -0.05) is 6.58 Å². The van der Waals surface area contributed by atoms with Crippen molar-refractivity contribution >= 4 is 11.6 Å². The lowest BCUT2D eigenvalue weighted by Crippen LogP contribution is -2.56. The Kier molecular flexibility index (Phi) is 4.34. The SMILES string of the molecule is C=C(N)N(C)C(=O)C(C)(C)[C@](C)(N)c1cc(N)ccc1F. The van der Waals surface area contributed by atoms with Crippen molar-refractivity contribution in [2.45, 2.75) is 26.3 Å². The molecule has 0 radical (unpaired) electrons. The van der Waals surface area contributed by atoms with Gasteiger partial charge in [-0.3, -0.25) is 4.79 Å². The van der Waals surface area contributed by atoms with Gasteiger partial charge in [0.2, 0.25) is 5.91 Å². The molecule has 0 saturated carbocycles. The fourth-order valence-corrected chi connectivity index (χ4v) is 2.05. The van der Waals surface area contributed by atoms with Gasteiger partial charge in [0.25, 0.3) is 0 Å². The standard InChI is InChI=1S/C15H23FN4O/c1-9(17)20(5)13(21)14(2,3)15(4,19)11-8-10(18)6-7-12(11)16/h6-8H,1,17-19H2,2-5H3/t15-/m1/s1. The number of nitrogen functional groups attached to an aromatic ring is 1. The molecule has 5 nitrogen and oxygen atoms in total. The molecule has 1 amide bonds. The van der Waals surface area contributed by atoms with Crippen LogP contribution >= 0.6 is 0 Å². The molecule has 0 aliphatic carbocycles. The van der Waals surface area contributed by atoms with Gasteiger partial charge in [-0.25, -0.2) is 4.39 Å². The number of carbonyl (C=O) groups is 1. The molecule has 0 fully saturated rings. The first-order chi connectivity index (χ1) is 9.42. The number of halogens is 1. The number of nitrogens with zero attached hydrogens (tertiary/aromatic N) is 1. The number of hydrogen-bond acceptors (Lipinski definition) is 4. The monoisotopic (exact) mass is 294 g/mol. The number of rotatable bonds is 4. The molecule has 0 bridgehead atoms. The minimum atomic E-state index is -1.28. The molecule has 0 aliphatic heterocycles. The van der Waals surface area contributed by atoms with E-state index in [1.54, 1.807) is 20.8 Å². The van der Waals surface area contributed by atoms with E-state index >= 15 is 0 Å². The third kappa shape index (κ3) is 2.85. The van der Waals surface area contributed by atoms with E-state index in [1.165, 1.54) is 30.1 Å². The highest BCUT2D eigenvalue weighted by Crippen LogP contribution is 2.40. The summed E-state index contributed by atoms with van der Waals surface area (Å²) >= 11 is 0. The van der Waals surface area contributed by atoms with Crippen LogP contribution in [0.5, 0.6) is 0 Å². The highest BCUT2D eigenvalue weighted by Gasteiger charge is 2.47. The summed E-state index contributed by atoms with van der Waals surface area (Å²) in [6.45, 7) is 8.39. The van der Waals surface area contributed by atoms with Crippen molar-refractivity contribution in [3.63, 3.8) is 0 Å². The zero-order valence-electron chi connectivity index (χ0n) is 12.9. The maximum absolute atomic E-state index is 14.1. The van der Waals surface area contributed by atoms with Crippen molar-refractivity contribution in [2.24, 2.45) is 16.9 Å². The average molecular weight is 294 g/mol. The highest BCUT2D eigenvalue weighted by atomic mass is 19.1. The summed E-state index contributed by atoms with van der Waals surface area (Å²) in [4.78, 5) is 13.8. The highest BCUT2D eigenvalue weighted by molar-refractivity contribution is 5.85. The van der Waals surface area contributed by atoms with Crippen molar-refractivity contribution in [2.75, 3.05) is 12.8 Å². The quantitative estimate of drug-likeness (QED) is 0.733. The van der Waals surface area contributed by atoms with E-state index in [2.05, 4.69) is 6.58 Å². The first-order valence-electron chi connectivity index (χ1n) is 6.50. The average Bonchev–Trinajstić information content (AvgIpc) is 2.39. The van der Waals surface area contributed by atoms with Crippen molar-refractivity contribution < 1.29 is 9.18 Å². The predicted octanol–water partition coefficient (Wildman–Crippen LogP) is 1.50. The fraction of sp³-hybridized carbons (Fsp3) is 0.400.